The standard InChI is InChI=1S/C16H18N4O3S2.ClH/c1-10-9-24-16(19-10)25-14-5-4-11(7-13(14)20(22)23)15(21)18-8-12-3-2-6-17-12;/h4-5,7,9,12,17H,2-3,6,8H2,1H3,(H,18,21);1H. The molecule has 0 bridgehead atoms. The highest BCUT2D eigenvalue weighted by molar-refractivity contribution is 8.01. The highest BCUT2D eigenvalue weighted by Gasteiger charge is 2.20. The average Bonchev–Trinajstić information content (AvgIpc) is 3.24. The molecule has 1 amide bonds. The van der Waals surface area contributed by atoms with Crippen molar-refractivity contribution in [2.45, 2.75) is 35.0 Å². The van der Waals surface area contributed by atoms with Crippen LogP contribution in [0.5, 0.6) is 0 Å². The fraction of sp³-hybridized carbons (Fsp3) is 0.375. The number of rotatable bonds is 6. The van der Waals surface area contributed by atoms with Crippen LogP contribution in [0.1, 0.15) is 28.9 Å². The summed E-state index contributed by atoms with van der Waals surface area (Å²) in [6, 6.07) is 4.84. The molecule has 2 aromatic rings. The zero-order chi connectivity index (χ0) is 17.8. The third-order valence-electron chi connectivity index (χ3n) is 3.88. The predicted octanol–water partition coefficient (Wildman–Crippen LogP) is 3.41. The lowest BCUT2D eigenvalue weighted by Crippen LogP contribution is -2.37. The van der Waals surface area contributed by atoms with Crippen LogP contribution >= 0.6 is 35.5 Å². The Morgan fingerprint density at radius 2 is 2.35 bits per heavy atom. The summed E-state index contributed by atoms with van der Waals surface area (Å²) in [5, 5.41) is 19.4. The van der Waals surface area contributed by atoms with Gasteiger partial charge in [-0.15, -0.1) is 23.7 Å². The largest absolute Gasteiger partial charge is 0.350 e. The fourth-order valence-electron chi connectivity index (χ4n) is 2.61. The van der Waals surface area contributed by atoms with Crippen LogP contribution in [0.25, 0.3) is 0 Å². The van der Waals surface area contributed by atoms with Crippen LogP contribution in [0, 0.1) is 17.0 Å². The van der Waals surface area contributed by atoms with E-state index in [9.17, 15) is 14.9 Å². The van der Waals surface area contributed by atoms with Gasteiger partial charge in [-0.1, -0.05) is 11.8 Å². The summed E-state index contributed by atoms with van der Waals surface area (Å²) in [5.74, 6) is -0.293. The maximum Gasteiger partial charge on any atom is 0.284 e. The number of hydrogen-bond acceptors (Lipinski definition) is 7. The minimum Gasteiger partial charge on any atom is -0.350 e. The van der Waals surface area contributed by atoms with E-state index in [2.05, 4.69) is 15.6 Å². The number of thiazole rings is 1. The Morgan fingerprint density at radius 1 is 1.54 bits per heavy atom. The Labute approximate surface area is 165 Å². The minimum atomic E-state index is -0.460. The summed E-state index contributed by atoms with van der Waals surface area (Å²) in [7, 11) is 0. The number of carbonyl (C=O) groups is 1. The van der Waals surface area contributed by atoms with E-state index in [1.165, 1.54) is 29.2 Å². The van der Waals surface area contributed by atoms with E-state index in [4.69, 9.17) is 0 Å². The second kappa shape index (κ2) is 9.31. The monoisotopic (exact) mass is 414 g/mol. The maximum atomic E-state index is 12.3. The number of halogens is 1. The summed E-state index contributed by atoms with van der Waals surface area (Å²) in [5.41, 5.74) is 1.10. The van der Waals surface area contributed by atoms with Crippen molar-refractivity contribution >= 4 is 47.1 Å². The topological polar surface area (TPSA) is 97.2 Å². The molecule has 3 rings (SSSR count). The highest BCUT2D eigenvalue weighted by Crippen LogP contribution is 2.36. The van der Waals surface area contributed by atoms with Crippen molar-refractivity contribution in [3.63, 3.8) is 0 Å². The zero-order valence-corrected chi connectivity index (χ0v) is 16.5. The molecular formula is C16H19ClN4O3S2. The van der Waals surface area contributed by atoms with Gasteiger partial charge in [-0.25, -0.2) is 4.98 Å². The number of nitro groups is 1. The third kappa shape index (κ3) is 5.16. The minimum absolute atomic E-state index is 0. The van der Waals surface area contributed by atoms with Crippen molar-refractivity contribution in [2.75, 3.05) is 13.1 Å². The smallest absolute Gasteiger partial charge is 0.284 e. The molecule has 1 aliphatic rings. The number of aryl methyl sites for hydroxylation is 1. The Bertz CT molecular complexity index is 794. The number of nitro benzene ring substituents is 1. The molecule has 26 heavy (non-hydrogen) atoms. The fourth-order valence-corrected chi connectivity index (χ4v) is 4.49. The molecule has 1 aromatic heterocycles. The number of aromatic nitrogens is 1. The van der Waals surface area contributed by atoms with Crippen molar-refractivity contribution in [3.8, 4) is 0 Å². The number of benzene rings is 1. The first-order valence-corrected chi connectivity index (χ1v) is 9.62. The van der Waals surface area contributed by atoms with Gasteiger partial charge in [-0.05, 0) is 38.4 Å². The molecule has 1 aliphatic heterocycles. The molecular weight excluding hydrogens is 396 g/mol. The molecule has 1 unspecified atom stereocenters. The molecule has 10 heteroatoms. The summed E-state index contributed by atoms with van der Waals surface area (Å²) < 4.78 is 0.741. The van der Waals surface area contributed by atoms with Gasteiger partial charge in [0.05, 0.1) is 9.82 Å². The van der Waals surface area contributed by atoms with Gasteiger partial charge in [-0.2, -0.15) is 0 Å². The second-order valence-corrected chi connectivity index (χ2v) is 7.95. The Hall–Kier alpha value is -1.68. The predicted molar refractivity (Wildman–Crippen MR) is 105 cm³/mol. The van der Waals surface area contributed by atoms with E-state index in [0.29, 0.717) is 17.0 Å². The molecule has 1 saturated heterocycles. The van der Waals surface area contributed by atoms with Crippen molar-refractivity contribution in [3.05, 3.63) is 45.0 Å². The number of nitrogens with one attached hydrogen (secondary N) is 2. The van der Waals surface area contributed by atoms with Gasteiger partial charge < -0.3 is 10.6 Å². The van der Waals surface area contributed by atoms with Gasteiger partial charge >= 0.3 is 0 Å². The Balaban J connectivity index is 0.00000243. The van der Waals surface area contributed by atoms with Crippen molar-refractivity contribution in [1.29, 1.82) is 0 Å². The molecule has 0 spiro atoms. The first kappa shape index (κ1) is 20.6. The highest BCUT2D eigenvalue weighted by atomic mass is 35.5. The van der Waals surface area contributed by atoms with Gasteiger partial charge in [0, 0.05) is 35.3 Å². The summed E-state index contributed by atoms with van der Waals surface area (Å²) in [6.07, 6.45) is 2.14. The molecule has 0 radical (unpaired) electrons. The van der Waals surface area contributed by atoms with E-state index in [1.807, 2.05) is 12.3 Å². The molecule has 140 valence electrons. The van der Waals surface area contributed by atoms with E-state index in [1.54, 1.807) is 12.1 Å². The quantitative estimate of drug-likeness (QED) is 0.555. The Kier molecular flexibility index (Phi) is 7.39. The zero-order valence-electron chi connectivity index (χ0n) is 14.1. The molecule has 2 N–H and O–H groups in total. The second-order valence-electron chi connectivity index (χ2n) is 5.80. The first-order chi connectivity index (χ1) is 12.0. The summed E-state index contributed by atoms with van der Waals surface area (Å²) in [4.78, 5) is 28.0. The number of hydrogen-bond donors (Lipinski definition) is 2. The maximum absolute atomic E-state index is 12.3. The van der Waals surface area contributed by atoms with Crippen LogP contribution in [0.4, 0.5) is 5.69 Å². The molecule has 0 aliphatic carbocycles. The van der Waals surface area contributed by atoms with Crippen LogP contribution in [-0.2, 0) is 0 Å². The van der Waals surface area contributed by atoms with Crippen molar-refractivity contribution in [1.82, 2.24) is 15.6 Å². The van der Waals surface area contributed by atoms with Gasteiger partial charge in [0.15, 0.2) is 4.34 Å². The number of amides is 1. The molecule has 1 fully saturated rings. The average molecular weight is 415 g/mol. The van der Waals surface area contributed by atoms with Gasteiger partial charge in [-0.3, -0.25) is 14.9 Å². The van der Waals surface area contributed by atoms with E-state index in [0.717, 1.165) is 29.4 Å². The lowest BCUT2D eigenvalue weighted by molar-refractivity contribution is -0.387. The Morgan fingerprint density at radius 3 is 2.96 bits per heavy atom. The lowest BCUT2D eigenvalue weighted by Gasteiger charge is -2.11. The third-order valence-corrected chi connectivity index (χ3v) is 6.01. The molecule has 2 heterocycles. The molecule has 0 saturated carbocycles. The van der Waals surface area contributed by atoms with E-state index >= 15 is 0 Å². The van der Waals surface area contributed by atoms with Gasteiger partial charge in [0.1, 0.15) is 0 Å². The van der Waals surface area contributed by atoms with Crippen LogP contribution < -0.4 is 10.6 Å². The number of carbonyl (C=O) groups excluding carboxylic acids is 1. The van der Waals surface area contributed by atoms with Crippen LogP contribution in [0.3, 0.4) is 0 Å². The number of nitrogens with zero attached hydrogens (tertiary/aromatic N) is 2. The molecule has 7 nitrogen and oxygen atoms in total. The van der Waals surface area contributed by atoms with Crippen LogP contribution in [-0.4, -0.2) is 34.9 Å². The summed E-state index contributed by atoms with van der Waals surface area (Å²) in [6.45, 7) is 3.37. The first-order valence-electron chi connectivity index (χ1n) is 7.93. The van der Waals surface area contributed by atoms with E-state index < -0.39 is 4.92 Å². The molecule has 1 aromatic carbocycles. The SMILES string of the molecule is Cc1csc(Sc2ccc(C(=O)NCC3CCCN3)cc2[N+](=O)[O-])n1.Cl. The van der Waals surface area contributed by atoms with Gasteiger partial charge in [0.2, 0.25) is 0 Å². The van der Waals surface area contributed by atoms with Crippen LogP contribution in [0.15, 0.2) is 32.8 Å². The summed E-state index contributed by atoms with van der Waals surface area (Å²) >= 11 is 2.68. The van der Waals surface area contributed by atoms with Crippen molar-refractivity contribution in [2.24, 2.45) is 0 Å². The van der Waals surface area contributed by atoms with E-state index in [-0.39, 0.29) is 30.0 Å². The van der Waals surface area contributed by atoms with Gasteiger partial charge in [0.25, 0.3) is 11.6 Å². The van der Waals surface area contributed by atoms with Crippen LogP contribution in [0.2, 0.25) is 0 Å². The normalized spacial score (nSPS) is 16.1. The molecule has 1 atom stereocenters. The lowest BCUT2D eigenvalue weighted by atomic mass is 10.1. The van der Waals surface area contributed by atoms with Crippen molar-refractivity contribution < 1.29 is 9.72 Å².